The normalized spacial score (nSPS) is 11.9. The Kier molecular flexibility index (Phi) is 6.00. The molecule has 4 nitrogen and oxygen atoms in total. The summed E-state index contributed by atoms with van der Waals surface area (Å²) in [5, 5.41) is 8.76. The first kappa shape index (κ1) is 14.0. The molecule has 1 aromatic carbocycles. The molecule has 0 aliphatic rings. The van der Waals surface area contributed by atoms with E-state index < -0.39 is 4.83 Å². The van der Waals surface area contributed by atoms with Crippen molar-refractivity contribution in [2.24, 2.45) is 0 Å². The molecule has 0 saturated heterocycles. The number of benzene rings is 1. The SMILES string of the molecule is COC(=O)C(Br)COc1ccc(CCO)cc1. The molecule has 1 N–H and O–H groups in total. The number of halogens is 1. The summed E-state index contributed by atoms with van der Waals surface area (Å²) in [7, 11) is 1.33. The van der Waals surface area contributed by atoms with Gasteiger partial charge in [0.15, 0.2) is 0 Å². The number of carbonyl (C=O) groups excluding carboxylic acids is 1. The summed E-state index contributed by atoms with van der Waals surface area (Å²) in [6.07, 6.45) is 0.628. The van der Waals surface area contributed by atoms with Crippen molar-refractivity contribution in [2.75, 3.05) is 20.3 Å². The number of aliphatic hydroxyl groups excluding tert-OH is 1. The van der Waals surface area contributed by atoms with Crippen molar-refractivity contribution in [3.8, 4) is 5.75 Å². The van der Waals surface area contributed by atoms with Crippen molar-refractivity contribution >= 4 is 21.9 Å². The molecule has 1 rings (SSSR count). The van der Waals surface area contributed by atoms with Crippen LogP contribution in [0.4, 0.5) is 0 Å². The number of ether oxygens (including phenoxy) is 2. The van der Waals surface area contributed by atoms with Crippen LogP contribution in [0, 0.1) is 0 Å². The molecule has 0 saturated carbocycles. The van der Waals surface area contributed by atoms with Gasteiger partial charge in [-0.2, -0.15) is 0 Å². The van der Waals surface area contributed by atoms with Crippen LogP contribution in [0.1, 0.15) is 5.56 Å². The maximum Gasteiger partial charge on any atom is 0.322 e. The molecule has 0 amide bonds. The zero-order valence-electron chi connectivity index (χ0n) is 9.56. The van der Waals surface area contributed by atoms with E-state index in [1.807, 2.05) is 24.3 Å². The van der Waals surface area contributed by atoms with E-state index in [4.69, 9.17) is 9.84 Å². The van der Waals surface area contributed by atoms with Crippen LogP contribution in [-0.4, -0.2) is 36.2 Å². The number of hydrogen-bond acceptors (Lipinski definition) is 4. The lowest BCUT2D eigenvalue weighted by Gasteiger charge is -2.10. The Bertz CT molecular complexity index is 350. The standard InChI is InChI=1S/C12H15BrO4/c1-16-12(15)11(13)8-17-10-4-2-9(3-5-10)6-7-14/h2-5,11,14H,6-8H2,1H3. The van der Waals surface area contributed by atoms with Gasteiger partial charge in [-0.25, -0.2) is 0 Å². The lowest BCUT2D eigenvalue weighted by atomic mass is 10.1. The average Bonchev–Trinajstić information content (AvgIpc) is 2.37. The summed E-state index contributed by atoms with van der Waals surface area (Å²) in [5.41, 5.74) is 1.04. The number of alkyl halides is 1. The molecular formula is C12H15BrO4. The molecule has 0 aromatic heterocycles. The van der Waals surface area contributed by atoms with Gasteiger partial charge in [0.25, 0.3) is 0 Å². The fraction of sp³-hybridized carbons (Fsp3) is 0.417. The van der Waals surface area contributed by atoms with Gasteiger partial charge in [-0.05, 0) is 24.1 Å². The quantitative estimate of drug-likeness (QED) is 0.640. The molecule has 1 atom stereocenters. The highest BCUT2D eigenvalue weighted by molar-refractivity contribution is 9.10. The van der Waals surface area contributed by atoms with E-state index in [9.17, 15) is 4.79 Å². The first-order chi connectivity index (χ1) is 8.17. The van der Waals surface area contributed by atoms with Gasteiger partial charge in [0.05, 0.1) is 7.11 Å². The Morgan fingerprint density at radius 3 is 2.59 bits per heavy atom. The van der Waals surface area contributed by atoms with Crippen LogP contribution in [0.15, 0.2) is 24.3 Å². The van der Waals surface area contributed by atoms with E-state index in [-0.39, 0.29) is 19.2 Å². The maximum absolute atomic E-state index is 11.1. The van der Waals surface area contributed by atoms with Gasteiger partial charge in [0, 0.05) is 6.61 Å². The van der Waals surface area contributed by atoms with Crippen molar-refractivity contribution in [1.82, 2.24) is 0 Å². The van der Waals surface area contributed by atoms with Gasteiger partial charge in [-0.3, -0.25) is 4.79 Å². The lowest BCUT2D eigenvalue weighted by Crippen LogP contribution is -2.22. The number of aliphatic hydroxyl groups is 1. The van der Waals surface area contributed by atoms with E-state index in [0.29, 0.717) is 12.2 Å². The Hall–Kier alpha value is -1.07. The maximum atomic E-state index is 11.1. The third-order valence-corrected chi connectivity index (χ3v) is 2.82. The largest absolute Gasteiger partial charge is 0.492 e. The van der Waals surface area contributed by atoms with Crippen molar-refractivity contribution < 1.29 is 19.4 Å². The fourth-order valence-corrected chi connectivity index (χ4v) is 1.57. The molecule has 94 valence electrons. The van der Waals surface area contributed by atoms with Gasteiger partial charge in [0.2, 0.25) is 0 Å². The molecule has 1 aromatic rings. The van der Waals surface area contributed by atoms with E-state index in [1.54, 1.807) is 0 Å². The molecule has 17 heavy (non-hydrogen) atoms. The fourth-order valence-electron chi connectivity index (χ4n) is 1.25. The number of carbonyl (C=O) groups is 1. The van der Waals surface area contributed by atoms with Crippen LogP contribution in [0.5, 0.6) is 5.75 Å². The zero-order chi connectivity index (χ0) is 12.7. The van der Waals surface area contributed by atoms with Crippen LogP contribution in [-0.2, 0) is 16.0 Å². The minimum Gasteiger partial charge on any atom is -0.492 e. The van der Waals surface area contributed by atoms with Crippen molar-refractivity contribution in [3.63, 3.8) is 0 Å². The zero-order valence-corrected chi connectivity index (χ0v) is 11.1. The van der Waals surface area contributed by atoms with E-state index in [1.165, 1.54) is 7.11 Å². The second kappa shape index (κ2) is 7.29. The molecule has 0 fully saturated rings. The summed E-state index contributed by atoms with van der Waals surface area (Å²) in [4.78, 5) is 10.6. The number of hydrogen-bond donors (Lipinski definition) is 1. The van der Waals surface area contributed by atoms with Gasteiger partial charge in [-0.1, -0.05) is 28.1 Å². The molecular weight excluding hydrogens is 288 g/mol. The first-order valence-corrected chi connectivity index (χ1v) is 6.13. The summed E-state index contributed by atoms with van der Waals surface area (Å²) in [6, 6.07) is 7.38. The van der Waals surface area contributed by atoms with Crippen LogP contribution in [0.3, 0.4) is 0 Å². The van der Waals surface area contributed by atoms with Crippen LogP contribution < -0.4 is 4.74 Å². The highest BCUT2D eigenvalue weighted by Crippen LogP contribution is 2.14. The Balaban J connectivity index is 2.44. The van der Waals surface area contributed by atoms with Crippen molar-refractivity contribution in [1.29, 1.82) is 0 Å². The van der Waals surface area contributed by atoms with Gasteiger partial charge < -0.3 is 14.6 Å². The molecule has 0 heterocycles. The van der Waals surface area contributed by atoms with Gasteiger partial charge >= 0.3 is 5.97 Å². The molecule has 0 radical (unpaired) electrons. The number of rotatable bonds is 6. The van der Waals surface area contributed by atoms with Crippen molar-refractivity contribution in [3.05, 3.63) is 29.8 Å². The van der Waals surface area contributed by atoms with Gasteiger partial charge in [0.1, 0.15) is 17.2 Å². The molecule has 0 spiro atoms. The van der Waals surface area contributed by atoms with Crippen LogP contribution >= 0.6 is 15.9 Å². The molecule has 0 aliphatic heterocycles. The van der Waals surface area contributed by atoms with Gasteiger partial charge in [-0.15, -0.1) is 0 Å². The van der Waals surface area contributed by atoms with Crippen molar-refractivity contribution in [2.45, 2.75) is 11.2 Å². The Labute approximate surface area is 109 Å². The minimum absolute atomic E-state index is 0.131. The van der Waals surface area contributed by atoms with Crippen LogP contribution in [0.2, 0.25) is 0 Å². The van der Waals surface area contributed by atoms with Crippen LogP contribution in [0.25, 0.3) is 0 Å². The minimum atomic E-state index is -0.468. The average molecular weight is 303 g/mol. The molecule has 1 unspecified atom stereocenters. The summed E-state index contributed by atoms with van der Waals surface area (Å²) >= 11 is 3.17. The summed E-state index contributed by atoms with van der Waals surface area (Å²) in [5.74, 6) is 0.321. The molecule has 5 heteroatoms. The molecule has 0 bridgehead atoms. The predicted octanol–water partition coefficient (Wildman–Crippen LogP) is 1.54. The first-order valence-electron chi connectivity index (χ1n) is 5.22. The third kappa shape index (κ3) is 4.75. The van der Waals surface area contributed by atoms with E-state index in [0.717, 1.165) is 5.56 Å². The Morgan fingerprint density at radius 1 is 1.41 bits per heavy atom. The number of methoxy groups -OCH3 is 1. The monoisotopic (exact) mass is 302 g/mol. The smallest absolute Gasteiger partial charge is 0.322 e. The van der Waals surface area contributed by atoms with E-state index in [2.05, 4.69) is 20.7 Å². The highest BCUT2D eigenvalue weighted by atomic mass is 79.9. The second-order valence-electron chi connectivity index (χ2n) is 3.42. The number of esters is 1. The topological polar surface area (TPSA) is 55.8 Å². The summed E-state index contributed by atoms with van der Waals surface area (Å²) < 4.78 is 9.97. The lowest BCUT2D eigenvalue weighted by molar-refractivity contribution is -0.140. The highest BCUT2D eigenvalue weighted by Gasteiger charge is 2.15. The Morgan fingerprint density at radius 2 is 2.06 bits per heavy atom. The summed E-state index contributed by atoms with van der Waals surface area (Å²) in [6.45, 7) is 0.345. The second-order valence-corrected chi connectivity index (χ2v) is 4.52. The molecule has 0 aliphatic carbocycles. The predicted molar refractivity (Wildman–Crippen MR) is 67.5 cm³/mol. The van der Waals surface area contributed by atoms with E-state index >= 15 is 0 Å². The third-order valence-electron chi connectivity index (χ3n) is 2.18.